The van der Waals surface area contributed by atoms with Crippen molar-refractivity contribution in [3.05, 3.63) is 22.4 Å². The van der Waals surface area contributed by atoms with Crippen LogP contribution in [0.3, 0.4) is 0 Å². The Morgan fingerprint density at radius 1 is 1.60 bits per heavy atom. The van der Waals surface area contributed by atoms with Gasteiger partial charge < -0.3 is 0 Å². The van der Waals surface area contributed by atoms with Crippen LogP contribution in [0, 0.1) is 0 Å². The van der Waals surface area contributed by atoms with E-state index in [1.807, 2.05) is 17.5 Å². The van der Waals surface area contributed by atoms with Crippen LogP contribution in [0.2, 0.25) is 0 Å². The van der Waals surface area contributed by atoms with Crippen molar-refractivity contribution in [2.75, 3.05) is 11.8 Å². The molecule has 2 rings (SSSR count). The molecule has 6 heteroatoms. The highest BCUT2D eigenvalue weighted by molar-refractivity contribution is 7.90. The normalized spacial score (nSPS) is 23.4. The first-order valence-electron chi connectivity index (χ1n) is 4.74. The van der Waals surface area contributed by atoms with Crippen molar-refractivity contribution in [3.63, 3.8) is 0 Å². The summed E-state index contributed by atoms with van der Waals surface area (Å²) in [7, 11) is -3.27. The minimum atomic E-state index is -3.27. The van der Waals surface area contributed by atoms with E-state index in [-0.39, 0.29) is 11.3 Å². The SMILES string of the molecule is O=S(=O)(CCl)N1CCCC1c1cccs1. The van der Waals surface area contributed by atoms with Gasteiger partial charge in [-0.15, -0.1) is 22.9 Å². The van der Waals surface area contributed by atoms with E-state index in [2.05, 4.69) is 0 Å². The number of sulfonamides is 1. The van der Waals surface area contributed by atoms with Crippen LogP contribution in [0.25, 0.3) is 0 Å². The van der Waals surface area contributed by atoms with E-state index in [0.717, 1.165) is 17.7 Å². The molecule has 1 saturated heterocycles. The van der Waals surface area contributed by atoms with E-state index >= 15 is 0 Å². The number of alkyl halides is 1. The Bertz CT molecular complexity index is 415. The molecule has 84 valence electrons. The minimum Gasteiger partial charge on any atom is -0.211 e. The Morgan fingerprint density at radius 3 is 3.00 bits per heavy atom. The van der Waals surface area contributed by atoms with Gasteiger partial charge in [0.05, 0.1) is 6.04 Å². The maximum atomic E-state index is 11.7. The van der Waals surface area contributed by atoms with Crippen molar-refractivity contribution < 1.29 is 8.42 Å². The fourth-order valence-electron chi connectivity index (χ4n) is 1.90. The van der Waals surface area contributed by atoms with Crippen LogP contribution in [0.4, 0.5) is 0 Å². The van der Waals surface area contributed by atoms with Gasteiger partial charge >= 0.3 is 0 Å². The molecule has 1 unspecified atom stereocenters. The molecule has 0 N–H and O–H groups in total. The van der Waals surface area contributed by atoms with Gasteiger partial charge in [0, 0.05) is 11.4 Å². The number of rotatable bonds is 3. The summed E-state index contributed by atoms with van der Waals surface area (Å²) in [6, 6.07) is 3.94. The van der Waals surface area contributed by atoms with Gasteiger partial charge in [-0.2, -0.15) is 4.31 Å². The van der Waals surface area contributed by atoms with Crippen LogP contribution in [0.1, 0.15) is 23.8 Å². The molecule has 1 fully saturated rings. The number of halogens is 1. The van der Waals surface area contributed by atoms with E-state index in [1.165, 1.54) is 4.31 Å². The second kappa shape index (κ2) is 4.41. The Labute approximate surface area is 98.7 Å². The molecular formula is C9H12ClNO2S2. The molecule has 1 aromatic heterocycles. The molecule has 0 amide bonds. The topological polar surface area (TPSA) is 37.4 Å². The van der Waals surface area contributed by atoms with Crippen molar-refractivity contribution in [2.45, 2.75) is 18.9 Å². The first kappa shape index (κ1) is 11.4. The molecule has 0 aliphatic carbocycles. The summed E-state index contributed by atoms with van der Waals surface area (Å²) in [5.74, 6) is 0. The van der Waals surface area contributed by atoms with E-state index in [1.54, 1.807) is 11.3 Å². The van der Waals surface area contributed by atoms with Gasteiger partial charge in [-0.25, -0.2) is 8.42 Å². The molecule has 1 atom stereocenters. The van der Waals surface area contributed by atoms with Crippen LogP contribution < -0.4 is 0 Å². The Kier molecular flexibility index (Phi) is 3.35. The van der Waals surface area contributed by atoms with Gasteiger partial charge in [0.2, 0.25) is 10.0 Å². The lowest BCUT2D eigenvalue weighted by molar-refractivity contribution is 0.404. The van der Waals surface area contributed by atoms with Gasteiger partial charge in [-0.05, 0) is 24.3 Å². The lowest BCUT2D eigenvalue weighted by Gasteiger charge is -2.21. The first-order valence-corrected chi connectivity index (χ1v) is 7.76. The number of hydrogen-bond donors (Lipinski definition) is 0. The fourth-order valence-corrected chi connectivity index (χ4v) is 4.36. The van der Waals surface area contributed by atoms with Gasteiger partial charge in [0.25, 0.3) is 0 Å². The molecule has 0 radical (unpaired) electrons. The van der Waals surface area contributed by atoms with Crippen LogP contribution in [0.5, 0.6) is 0 Å². The third kappa shape index (κ3) is 2.20. The maximum absolute atomic E-state index is 11.7. The van der Waals surface area contributed by atoms with Gasteiger partial charge in [-0.1, -0.05) is 6.07 Å². The van der Waals surface area contributed by atoms with Gasteiger partial charge in [0.1, 0.15) is 5.21 Å². The van der Waals surface area contributed by atoms with Crippen molar-refractivity contribution >= 4 is 33.0 Å². The standard InChI is InChI=1S/C9H12ClNO2S2/c10-7-15(12,13)11-5-1-3-8(11)9-4-2-6-14-9/h2,4,6,8H,1,3,5,7H2. The molecular weight excluding hydrogens is 254 g/mol. The van der Waals surface area contributed by atoms with E-state index in [9.17, 15) is 8.42 Å². The molecule has 2 heterocycles. The second-order valence-electron chi connectivity index (χ2n) is 3.51. The zero-order valence-corrected chi connectivity index (χ0v) is 10.5. The average Bonchev–Trinajstić information content (AvgIpc) is 2.87. The minimum absolute atomic E-state index is 0.00810. The summed E-state index contributed by atoms with van der Waals surface area (Å²) < 4.78 is 24.9. The molecule has 0 saturated carbocycles. The smallest absolute Gasteiger partial charge is 0.211 e. The Hall–Kier alpha value is -0.100. The summed E-state index contributed by atoms with van der Waals surface area (Å²) in [4.78, 5) is 1.11. The predicted molar refractivity (Wildman–Crippen MR) is 62.6 cm³/mol. The van der Waals surface area contributed by atoms with E-state index in [0.29, 0.717) is 6.54 Å². The molecule has 1 aromatic rings. The number of thiophene rings is 1. The van der Waals surface area contributed by atoms with Crippen molar-refractivity contribution in [1.29, 1.82) is 0 Å². The van der Waals surface area contributed by atoms with Crippen LogP contribution in [-0.4, -0.2) is 24.5 Å². The summed E-state index contributed by atoms with van der Waals surface area (Å²) in [6.07, 6.45) is 1.81. The molecule has 0 bridgehead atoms. The van der Waals surface area contributed by atoms with Gasteiger partial charge in [0.15, 0.2) is 0 Å². The zero-order valence-electron chi connectivity index (χ0n) is 8.10. The second-order valence-corrected chi connectivity index (χ2v) is 6.99. The monoisotopic (exact) mass is 265 g/mol. The van der Waals surface area contributed by atoms with E-state index < -0.39 is 10.0 Å². The first-order chi connectivity index (χ1) is 7.15. The number of hydrogen-bond acceptors (Lipinski definition) is 3. The predicted octanol–water partition coefficient (Wildman–Crippen LogP) is 2.41. The maximum Gasteiger partial charge on any atom is 0.228 e. The molecule has 1 aliphatic heterocycles. The third-order valence-electron chi connectivity index (χ3n) is 2.57. The summed E-state index contributed by atoms with van der Waals surface area (Å²) in [5.41, 5.74) is 0. The summed E-state index contributed by atoms with van der Waals surface area (Å²) in [5, 5.41) is 1.65. The van der Waals surface area contributed by atoms with E-state index in [4.69, 9.17) is 11.6 Å². The highest BCUT2D eigenvalue weighted by Gasteiger charge is 2.34. The quantitative estimate of drug-likeness (QED) is 0.787. The van der Waals surface area contributed by atoms with Crippen LogP contribution in [-0.2, 0) is 10.0 Å². The summed E-state index contributed by atoms with van der Waals surface area (Å²) >= 11 is 7.08. The van der Waals surface area contributed by atoms with Gasteiger partial charge in [-0.3, -0.25) is 0 Å². The Balaban J connectivity index is 2.27. The number of nitrogens with zero attached hydrogens (tertiary/aromatic N) is 1. The average molecular weight is 266 g/mol. The molecule has 0 aromatic carbocycles. The highest BCUT2D eigenvalue weighted by Crippen LogP contribution is 2.36. The zero-order chi connectivity index (χ0) is 10.9. The lowest BCUT2D eigenvalue weighted by atomic mass is 10.2. The molecule has 1 aliphatic rings. The lowest BCUT2D eigenvalue weighted by Crippen LogP contribution is -2.30. The fraction of sp³-hybridized carbons (Fsp3) is 0.556. The van der Waals surface area contributed by atoms with Crippen molar-refractivity contribution in [1.82, 2.24) is 4.31 Å². The highest BCUT2D eigenvalue weighted by atomic mass is 35.5. The largest absolute Gasteiger partial charge is 0.228 e. The summed E-state index contributed by atoms with van der Waals surface area (Å²) in [6.45, 7) is 0.595. The third-order valence-corrected chi connectivity index (χ3v) is 5.80. The molecule has 15 heavy (non-hydrogen) atoms. The van der Waals surface area contributed by atoms with Crippen molar-refractivity contribution in [2.24, 2.45) is 0 Å². The molecule has 3 nitrogen and oxygen atoms in total. The Morgan fingerprint density at radius 2 is 2.40 bits per heavy atom. The van der Waals surface area contributed by atoms with Crippen LogP contribution in [0.15, 0.2) is 17.5 Å². The van der Waals surface area contributed by atoms with Crippen molar-refractivity contribution in [3.8, 4) is 0 Å². The molecule has 0 spiro atoms. The van der Waals surface area contributed by atoms with Crippen LogP contribution >= 0.6 is 22.9 Å².